The zero-order valence-electron chi connectivity index (χ0n) is 15.2. The Hall–Kier alpha value is -2.77. The number of fused-ring (bicyclic) bond motifs is 1. The fourth-order valence-corrected chi connectivity index (χ4v) is 4.35. The Morgan fingerprint density at radius 1 is 1.22 bits per heavy atom. The van der Waals surface area contributed by atoms with Crippen LogP contribution in [0.3, 0.4) is 0 Å². The maximum Gasteiger partial charge on any atom is 0.253 e. The third kappa shape index (κ3) is 3.20. The standard InChI is InChI=1S/C19H23N7O/c27-19(23-16-7-13(8-16)12-25-6-5-21-24-25)15-9-14-11-22-26(18(14)20-10-15)17-3-1-2-4-17/h5-6,9-11,13,16-17H,1-4,7-8,12H2,(H,23,27). The molecular formula is C19H23N7O. The first-order valence-corrected chi connectivity index (χ1v) is 9.74. The van der Waals surface area contributed by atoms with Crippen molar-refractivity contribution in [1.82, 2.24) is 35.1 Å². The van der Waals surface area contributed by atoms with Gasteiger partial charge in [-0.25, -0.2) is 9.67 Å². The topological polar surface area (TPSA) is 90.5 Å². The van der Waals surface area contributed by atoms with Gasteiger partial charge in [0.05, 0.1) is 24.0 Å². The molecule has 5 rings (SSSR count). The lowest BCUT2D eigenvalue weighted by atomic mass is 9.80. The Bertz CT molecular complexity index is 936. The summed E-state index contributed by atoms with van der Waals surface area (Å²) in [4.78, 5) is 17.1. The van der Waals surface area contributed by atoms with Crippen molar-refractivity contribution in [2.75, 3.05) is 0 Å². The number of aromatic nitrogens is 6. The Morgan fingerprint density at radius 2 is 2.07 bits per heavy atom. The van der Waals surface area contributed by atoms with Crippen molar-refractivity contribution in [3.05, 3.63) is 36.4 Å². The van der Waals surface area contributed by atoms with Crippen LogP contribution in [0.5, 0.6) is 0 Å². The number of amides is 1. The second-order valence-electron chi connectivity index (χ2n) is 7.80. The van der Waals surface area contributed by atoms with Crippen molar-refractivity contribution in [2.45, 2.75) is 57.2 Å². The van der Waals surface area contributed by atoms with Gasteiger partial charge in [0.15, 0.2) is 5.65 Å². The molecule has 27 heavy (non-hydrogen) atoms. The van der Waals surface area contributed by atoms with Crippen LogP contribution in [-0.2, 0) is 6.54 Å². The number of hydrogen-bond acceptors (Lipinski definition) is 5. The molecule has 0 aliphatic heterocycles. The predicted octanol–water partition coefficient (Wildman–Crippen LogP) is 2.35. The van der Waals surface area contributed by atoms with Crippen LogP contribution < -0.4 is 5.32 Å². The van der Waals surface area contributed by atoms with E-state index in [1.54, 1.807) is 12.4 Å². The molecule has 3 heterocycles. The molecule has 0 unspecified atom stereocenters. The van der Waals surface area contributed by atoms with Gasteiger partial charge < -0.3 is 5.32 Å². The van der Waals surface area contributed by atoms with E-state index in [0.717, 1.165) is 43.3 Å². The number of carbonyl (C=O) groups is 1. The van der Waals surface area contributed by atoms with E-state index in [2.05, 4.69) is 25.7 Å². The van der Waals surface area contributed by atoms with Gasteiger partial charge in [0.2, 0.25) is 0 Å². The number of nitrogens with zero attached hydrogens (tertiary/aromatic N) is 6. The van der Waals surface area contributed by atoms with Crippen molar-refractivity contribution in [3.63, 3.8) is 0 Å². The van der Waals surface area contributed by atoms with E-state index in [0.29, 0.717) is 17.5 Å². The average molecular weight is 365 g/mol. The smallest absolute Gasteiger partial charge is 0.253 e. The van der Waals surface area contributed by atoms with Gasteiger partial charge in [-0.2, -0.15) is 5.10 Å². The van der Waals surface area contributed by atoms with Crippen molar-refractivity contribution >= 4 is 16.9 Å². The lowest BCUT2D eigenvalue weighted by Crippen LogP contribution is -2.45. The number of nitrogens with one attached hydrogen (secondary N) is 1. The summed E-state index contributed by atoms with van der Waals surface area (Å²) in [6.07, 6.45) is 13.9. The zero-order chi connectivity index (χ0) is 18.2. The molecule has 1 N–H and O–H groups in total. The molecule has 1 amide bonds. The van der Waals surface area contributed by atoms with E-state index >= 15 is 0 Å². The molecule has 0 spiro atoms. The molecule has 2 aliphatic rings. The van der Waals surface area contributed by atoms with Crippen molar-refractivity contribution < 1.29 is 4.79 Å². The van der Waals surface area contributed by atoms with Gasteiger partial charge in [-0.3, -0.25) is 9.48 Å². The summed E-state index contributed by atoms with van der Waals surface area (Å²) in [6.45, 7) is 0.861. The highest BCUT2D eigenvalue weighted by molar-refractivity contribution is 5.97. The van der Waals surface area contributed by atoms with Gasteiger partial charge in [-0.1, -0.05) is 18.1 Å². The van der Waals surface area contributed by atoms with E-state index in [9.17, 15) is 4.79 Å². The monoisotopic (exact) mass is 365 g/mol. The zero-order valence-corrected chi connectivity index (χ0v) is 15.2. The van der Waals surface area contributed by atoms with Crippen LogP contribution >= 0.6 is 0 Å². The molecule has 0 saturated heterocycles. The first-order chi connectivity index (χ1) is 13.3. The molecule has 0 radical (unpaired) electrons. The van der Waals surface area contributed by atoms with Crippen LogP contribution in [0.2, 0.25) is 0 Å². The van der Waals surface area contributed by atoms with E-state index in [4.69, 9.17) is 0 Å². The molecule has 2 saturated carbocycles. The molecule has 2 fully saturated rings. The van der Waals surface area contributed by atoms with Gasteiger partial charge in [-0.15, -0.1) is 5.10 Å². The van der Waals surface area contributed by atoms with Crippen LogP contribution in [0.1, 0.15) is 54.9 Å². The van der Waals surface area contributed by atoms with Crippen LogP contribution in [0, 0.1) is 5.92 Å². The van der Waals surface area contributed by atoms with E-state index in [-0.39, 0.29) is 11.9 Å². The van der Waals surface area contributed by atoms with Gasteiger partial charge >= 0.3 is 0 Å². The highest BCUT2D eigenvalue weighted by Gasteiger charge is 2.31. The van der Waals surface area contributed by atoms with Crippen LogP contribution in [0.4, 0.5) is 0 Å². The minimum absolute atomic E-state index is 0.0535. The van der Waals surface area contributed by atoms with Crippen molar-refractivity contribution in [3.8, 4) is 0 Å². The minimum Gasteiger partial charge on any atom is -0.349 e. The molecule has 8 nitrogen and oxygen atoms in total. The lowest BCUT2D eigenvalue weighted by molar-refractivity contribution is 0.0879. The van der Waals surface area contributed by atoms with Crippen molar-refractivity contribution in [1.29, 1.82) is 0 Å². The lowest BCUT2D eigenvalue weighted by Gasteiger charge is -2.35. The average Bonchev–Trinajstić information content (AvgIpc) is 3.39. The van der Waals surface area contributed by atoms with E-state index in [1.807, 2.05) is 27.8 Å². The van der Waals surface area contributed by atoms with Gasteiger partial charge in [0.25, 0.3) is 5.91 Å². The Balaban J connectivity index is 1.21. The van der Waals surface area contributed by atoms with E-state index in [1.165, 1.54) is 12.8 Å². The summed E-state index contributed by atoms with van der Waals surface area (Å²) in [5.74, 6) is 0.490. The van der Waals surface area contributed by atoms with Crippen LogP contribution in [0.15, 0.2) is 30.9 Å². The Kier molecular flexibility index (Phi) is 4.10. The summed E-state index contributed by atoms with van der Waals surface area (Å²) in [5.41, 5.74) is 1.49. The largest absolute Gasteiger partial charge is 0.349 e. The van der Waals surface area contributed by atoms with Gasteiger partial charge in [-0.05, 0) is 37.7 Å². The first kappa shape index (κ1) is 16.4. The molecule has 0 atom stereocenters. The first-order valence-electron chi connectivity index (χ1n) is 9.74. The van der Waals surface area contributed by atoms with Crippen LogP contribution in [0.25, 0.3) is 11.0 Å². The molecule has 0 bridgehead atoms. The molecule has 2 aliphatic carbocycles. The van der Waals surface area contributed by atoms with Crippen LogP contribution in [-0.4, -0.2) is 41.7 Å². The molecule has 3 aromatic heterocycles. The molecule has 0 aromatic carbocycles. The summed E-state index contributed by atoms with van der Waals surface area (Å²) < 4.78 is 3.88. The molecular weight excluding hydrogens is 342 g/mol. The predicted molar refractivity (Wildman–Crippen MR) is 99.0 cm³/mol. The number of rotatable bonds is 5. The molecule has 8 heteroatoms. The fraction of sp³-hybridized carbons (Fsp3) is 0.526. The molecule has 140 valence electrons. The second kappa shape index (κ2) is 6.75. The third-order valence-electron chi connectivity index (χ3n) is 5.85. The number of carbonyl (C=O) groups excluding carboxylic acids is 1. The van der Waals surface area contributed by atoms with Crippen molar-refractivity contribution in [2.24, 2.45) is 5.92 Å². The second-order valence-corrected chi connectivity index (χ2v) is 7.80. The normalized spacial score (nSPS) is 22.8. The quantitative estimate of drug-likeness (QED) is 0.749. The Morgan fingerprint density at radius 3 is 2.85 bits per heavy atom. The summed E-state index contributed by atoms with van der Waals surface area (Å²) in [7, 11) is 0. The number of pyridine rings is 1. The molecule has 3 aromatic rings. The third-order valence-corrected chi connectivity index (χ3v) is 5.85. The highest BCUT2D eigenvalue weighted by atomic mass is 16.1. The maximum atomic E-state index is 12.6. The fourth-order valence-electron chi connectivity index (χ4n) is 4.35. The van der Waals surface area contributed by atoms with E-state index < -0.39 is 0 Å². The maximum absolute atomic E-state index is 12.6. The minimum atomic E-state index is -0.0535. The summed E-state index contributed by atoms with van der Waals surface area (Å²) >= 11 is 0. The number of hydrogen-bond donors (Lipinski definition) is 1. The Labute approximate surface area is 157 Å². The summed E-state index contributed by atoms with van der Waals surface area (Å²) in [6, 6.07) is 2.58. The van der Waals surface area contributed by atoms with Gasteiger partial charge in [0.1, 0.15) is 0 Å². The highest BCUT2D eigenvalue weighted by Crippen LogP contribution is 2.31. The van der Waals surface area contributed by atoms with Gasteiger partial charge in [0, 0.05) is 30.4 Å². The summed E-state index contributed by atoms with van der Waals surface area (Å²) in [5, 5.41) is 16.4. The SMILES string of the molecule is O=C(NC1CC(Cn2ccnn2)C1)c1cnc2c(cnn2C2CCCC2)c1.